The van der Waals surface area contributed by atoms with E-state index < -0.39 is 11.6 Å². The lowest BCUT2D eigenvalue weighted by Gasteiger charge is -2.08. The second-order valence-corrected chi connectivity index (χ2v) is 4.99. The summed E-state index contributed by atoms with van der Waals surface area (Å²) in [7, 11) is 1.77. The summed E-state index contributed by atoms with van der Waals surface area (Å²) in [5.41, 5.74) is 2.55. The Morgan fingerprint density at radius 3 is 2.43 bits per heavy atom. The van der Waals surface area contributed by atoms with Crippen LogP contribution < -0.4 is 0 Å². The molecule has 21 heavy (non-hydrogen) atoms. The fourth-order valence-electron chi connectivity index (χ4n) is 2.49. The molecule has 0 aliphatic rings. The standard InChI is InChI=1S/C14H13ClF2N4/c1-3-11-13-14(20(2)19-11)21(12(7-15)18-13)10-5-8(16)4-9(17)6-10/h4-6H,3,7H2,1-2H3. The lowest BCUT2D eigenvalue weighted by molar-refractivity contribution is 0.581. The van der Waals surface area contributed by atoms with Crippen LogP contribution in [0.5, 0.6) is 0 Å². The minimum atomic E-state index is -0.648. The number of aromatic nitrogens is 4. The third-order valence-corrected chi connectivity index (χ3v) is 3.57. The number of benzene rings is 1. The highest BCUT2D eigenvalue weighted by molar-refractivity contribution is 6.17. The van der Waals surface area contributed by atoms with Crippen LogP contribution in [-0.2, 0) is 19.3 Å². The van der Waals surface area contributed by atoms with Crippen LogP contribution >= 0.6 is 11.6 Å². The van der Waals surface area contributed by atoms with Crippen LogP contribution in [-0.4, -0.2) is 19.3 Å². The van der Waals surface area contributed by atoms with E-state index in [1.807, 2.05) is 6.92 Å². The topological polar surface area (TPSA) is 35.6 Å². The summed E-state index contributed by atoms with van der Waals surface area (Å²) in [6.07, 6.45) is 0.716. The fourth-order valence-corrected chi connectivity index (χ4v) is 2.67. The highest BCUT2D eigenvalue weighted by atomic mass is 35.5. The Bertz CT molecular complexity index is 802. The van der Waals surface area contributed by atoms with Gasteiger partial charge in [0.05, 0.1) is 17.3 Å². The van der Waals surface area contributed by atoms with Crippen molar-refractivity contribution in [3.8, 4) is 5.69 Å². The zero-order valence-electron chi connectivity index (χ0n) is 11.6. The van der Waals surface area contributed by atoms with Gasteiger partial charge in [-0.25, -0.2) is 18.4 Å². The lowest BCUT2D eigenvalue weighted by atomic mass is 10.3. The first kappa shape index (κ1) is 14.0. The lowest BCUT2D eigenvalue weighted by Crippen LogP contribution is -2.05. The Hall–Kier alpha value is -1.95. The van der Waals surface area contributed by atoms with Crippen LogP contribution in [0.25, 0.3) is 16.9 Å². The first-order valence-corrected chi connectivity index (χ1v) is 7.04. The van der Waals surface area contributed by atoms with Gasteiger partial charge in [-0.3, -0.25) is 4.57 Å². The Morgan fingerprint density at radius 2 is 1.86 bits per heavy atom. The molecule has 0 unspecified atom stereocenters. The molecule has 110 valence electrons. The summed E-state index contributed by atoms with van der Waals surface area (Å²) in [6.45, 7) is 1.98. The van der Waals surface area contributed by atoms with Gasteiger partial charge in [-0.1, -0.05) is 6.92 Å². The Labute approximate surface area is 125 Å². The number of imidazole rings is 1. The largest absolute Gasteiger partial charge is 0.280 e. The summed E-state index contributed by atoms with van der Waals surface area (Å²) >= 11 is 5.94. The van der Waals surface area contributed by atoms with E-state index in [-0.39, 0.29) is 5.88 Å². The number of rotatable bonds is 3. The van der Waals surface area contributed by atoms with E-state index in [4.69, 9.17) is 11.6 Å². The van der Waals surface area contributed by atoms with Crippen molar-refractivity contribution in [2.45, 2.75) is 19.2 Å². The minimum Gasteiger partial charge on any atom is -0.280 e. The summed E-state index contributed by atoms with van der Waals surface area (Å²) in [5.74, 6) is -0.634. The predicted molar refractivity (Wildman–Crippen MR) is 76.7 cm³/mol. The molecule has 1 aromatic carbocycles. The number of hydrogen-bond acceptors (Lipinski definition) is 2. The zero-order valence-corrected chi connectivity index (χ0v) is 12.3. The molecule has 2 aromatic heterocycles. The molecule has 0 bridgehead atoms. The number of fused-ring (bicyclic) bond motifs is 1. The van der Waals surface area contributed by atoms with Crippen molar-refractivity contribution in [3.63, 3.8) is 0 Å². The SMILES string of the molecule is CCc1nn(C)c2c1nc(CCl)n2-c1cc(F)cc(F)c1. The van der Waals surface area contributed by atoms with Crippen molar-refractivity contribution in [1.29, 1.82) is 0 Å². The molecule has 0 fully saturated rings. The maximum absolute atomic E-state index is 13.5. The molecule has 0 N–H and O–H groups in total. The van der Waals surface area contributed by atoms with E-state index in [2.05, 4.69) is 10.1 Å². The van der Waals surface area contributed by atoms with E-state index in [0.29, 0.717) is 29.1 Å². The van der Waals surface area contributed by atoms with E-state index in [1.165, 1.54) is 12.1 Å². The first-order chi connectivity index (χ1) is 10.0. The van der Waals surface area contributed by atoms with E-state index in [9.17, 15) is 8.78 Å². The van der Waals surface area contributed by atoms with Gasteiger partial charge in [0.15, 0.2) is 5.65 Å². The Morgan fingerprint density at radius 1 is 1.19 bits per heavy atom. The van der Waals surface area contributed by atoms with Gasteiger partial charge in [-0.15, -0.1) is 11.6 Å². The fraction of sp³-hybridized carbons (Fsp3) is 0.286. The van der Waals surface area contributed by atoms with Crippen LogP contribution in [0.4, 0.5) is 8.78 Å². The molecule has 2 heterocycles. The highest BCUT2D eigenvalue weighted by Gasteiger charge is 2.19. The van der Waals surface area contributed by atoms with E-state index in [1.54, 1.807) is 16.3 Å². The van der Waals surface area contributed by atoms with Crippen LogP contribution in [0.1, 0.15) is 18.4 Å². The second-order valence-electron chi connectivity index (χ2n) is 4.72. The number of aryl methyl sites for hydroxylation is 2. The summed E-state index contributed by atoms with van der Waals surface area (Å²) in [5, 5.41) is 4.38. The maximum Gasteiger partial charge on any atom is 0.163 e. The summed E-state index contributed by atoms with van der Waals surface area (Å²) in [6, 6.07) is 3.33. The zero-order chi connectivity index (χ0) is 15.1. The predicted octanol–water partition coefficient (Wildman–Crippen LogP) is 3.34. The van der Waals surface area contributed by atoms with Gasteiger partial charge in [0.25, 0.3) is 0 Å². The van der Waals surface area contributed by atoms with Gasteiger partial charge in [-0.2, -0.15) is 5.10 Å². The van der Waals surface area contributed by atoms with Crippen LogP contribution in [0.15, 0.2) is 18.2 Å². The molecule has 7 heteroatoms. The second kappa shape index (κ2) is 5.11. The number of hydrogen-bond donors (Lipinski definition) is 0. The van der Waals surface area contributed by atoms with Gasteiger partial charge < -0.3 is 0 Å². The Balaban J connectivity index is 2.37. The van der Waals surface area contributed by atoms with Crippen molar-refractivity contribution in [1.82, 2.24) is 19.3 Å². The molecule has 0 saturated heterocycles. The molecule has 0 radical (unpaired) electrons. The monoisotopic (exact) mass is 310 g/mol. The van der Waals surface area contributed by atoms with Gasteiger partial charge in [0.1, 0.15) is 23.0 Å². The van der Waals surface area contributed by atoms with Crippen molar-refractivity contribution in [2.24, 2.45) is 7.05 Å². The maximum atomic E-state index is 13.5. The number of alkyl halides is 1. The molecular weight excluding hydrogens is 298 g/mol. The van der Waals surface area contributed by atoms with Crippen molar-refractivity contribution in [2.75, 3.05) is 0 Å². The van der Waals surface area contributed by atoms with Gasteiger partial charge in [0, 0.05) is 13.1 Å². The molecule has 3 rings (SSSR count). The molecule has 0 saturated carbocycles. The minimum absolute atomic E-state index is 0.135. The summed E-state index contributed by atoms with van der Waals surface area (Å²) in [4.78, 5) is 4.46. The summed E-state index contributed by atoms with van der Waals surface area (Å²) < 4.78 is 30.3. The van der Waals surface area contributed by atoms with Crippen molar-refractivity contribution >= 4 is 22.8 Å². The third kappa shape index (κ3) is 2.19. The molecule has 3 aromatic rings. The molecule has 0 aliphatic heterocycles. The van der Waals surface area contributed by atoms with Gasteiger partial charge in [0.2, 0.25) is 0 Å². The smallest absolute Gasteiger partial charge is 0.163 e. The third-order valence-electron chi connectivity index (χ3n) is 3.33. The van der Waals surface area contributed by atoms with E-state index >= 15 is 0 Å². The average molecular weight is 311 g/mol. The van der Waals surface area contributed by atoms with Gasteiger partial charge in [-0.05, 0) is 18.6 Å². The molecule has 0 aliphatic carbocycles. The van der Waals surface area contributed by atoms with E-state index in [0.717, 1.165) is 11.8 Å². The van der Waals surface area contributed by atoms with Crippen LogP contribution in [0.2, 0.25) is 0 Å². The molecular formula is C14H13ClF2N4. The molecule has 0 amide bonds. The highest BCUT2D eigenvalue weighted by Crippen LogP contribution is 2.26. The normalized spacial score (nSPS) is 11.5. The number of halogens is 3. The quantitative estimate of drug-likeness (QED) is 0.696. The van der Waals surface area contributed by atoms with Gasteiger partial charge >= 0.3 is 0 Å². The Kier molecular flexibility index (Phi) is 3.41. The molecule has 0 spiro atoms. The first-order valence-electron chi connectivity index (χ1n) is 6.50. The van der Waals surface area contributed by atoms with Crippen molar-refractivity contribution in [3.05, 3.63) is 41.4 Å². The number of nitrogens with zero attached hydrogens (tertiary/aromatic N) is 4. The molecule has 0 atom stereocenters. The molecule has 4 nitrogen and oxygen atoms in total. The van der Waals surface area contributed by atoms with Crippen LogP contribution in [0.3, 0.4) is 0 Å². The average Bonchev–Trinajstić information content (AvgIpc) is 2.95. The van der Waals surface area contributed by atoms with Crippen LogP contribution in [0, 0.1) is 11.6 Å². The van der Waals surface area contributed by atoms with Crippen molar-refractivity contribution < 1.29 is 8.78 Å².